The van der Waals surface area contributed by atoms with Crippen LogP contribution in [0.25, 0.3) is 10.9 Å². The Hall–Kier alpha value is -3.76. The highest BCUT2D eigenvalue weighted by Crippen LogP contribution is 2.29. The number of hydrogen-bond donors (Lipinski definition) is 4. The summed E-state index contributed by atoms with van der Waals surface area (Å²) in [6.45, 7) is 3.79. The van der Waals surface area contributed by atoms with Crippen LogP contribution in [0.4, 0.5) is 23.0 Å². The number of nitrogens with zero attached hydrogens (tertiary/aromatic N) is 3. The van der Waals surface area contributed by atoms with Gasteiger partial charge < -0.3 is 11.1 Å². The Bertz CT molecular complexity index is 1360. The second-order valence-electron chi connectivity index (χ2n) is 6.98. The van der Waals surface area contributed by atoms with Crippen LogP contribution in [-0.2, 0) is 10.0 Å². The summed E-state index contributed by atoms with van der Waals surface area (Å²) in [6, 6.07) is 16.1. The molecule has 0 aliphatic rings. The summed E-state index contributed by atoms with van der Waals surface area (Å²) in [4.78, 5) is 15.2. The number of hydrazine groups is 1. The fourth-order valence-electron chi connectivity index (χ4n) is 2.96. The summed E-state index contributed by atoms with van der Waals surface area (Å²) in [6.07, 6.45) is 1.28. The van der Waals surface area contributed by atoms with Crippen molar-refractivity contribution in [1.82, 2.24) is 19.8 Å². The predicted octanol–water partition coefficient (Wildman–Crippen LogP) is 3.27. The van der Waals surface area contributed by atoms with Crippen LogP contribution in [-0.4, -0.2) is 23.4 Å². The molecule has 5 N–H and O–H groups in total. The molecule has 0 saturated carbocycles. The topological polar surface area (TPSA) is 135 Å². The first-order valence-electron chi connectivity index (χ1n) is 9.42. The number of anilines is 4. The van der Waals surface area contributed by atoms with Crippen molar-refractivity contribution in [3.63, 3.8) is 0 Å². The second-order valence-corrected chi connectivity index (χ2v) is 8.67. The fourth-order valence-corrected chi connectivity index (χ4v) is 3.80. The molecule has 0 bridgehead atoms. The van der Waals surface area contributed by atoms with Crippen LogP contribution >= 0.6 is 0 Å². The lowest BCUT2D eigenvalue weighted by Gasteiger charge is -2.14. The molecular formula is C21H21N7O2S. The highest BCUT2D eigenvalue weighted by molar-refractivity contribution is 7.89. The number of para-hydroxylation sites is 1. The number of sulfonamides is 1. The van der Waals surface area contributed by atoms with Gasteiger partial charge in [0, 0.05) is 11.1 Å². The van der Waals surface area contributed by atoms with Gasteiger partial charge in [-0.15, -0.1) is 4.83 Å². The molecule has 0 amide bonds. The number of nitrogens with two attached hydrogens (primary N) is 1. The zero-order chi connectivity index (χ0) is 22.0. The van der Waals surface area contributed by atoms with Crippen molar-refractivity contribution in [1.29, 1.82) is 0 Å². The summed E-state index contributed by atoms with van der Waals surface area (Å²) in [5.41, 5.74) is 12.2. The van der Waals surface area contributed by atoms with Gasteiger partial charge in [-0.05, 0) is 38.1 Å². The first-order valence-corrected chi connectivity index (χ1v) is 10.9. The van der Waals surface area contributed by atoms with Crippen LogP contribution < -0.4 is 21.3 Å². The number of fused-ring (bicyclic) bond motifs is 1. The maximum absolute atomic E-state index is 12.5. The third-order valence-corrected chi connectivity index (χ3v) is 5.90. The summed E-state index contributed by atoms with van der Waals surface area (Å²) in [5, 5.41) is 4.13. The van der Waals surface area contributed by atoms with Gasteiger partial charge in [0.2, 0.25) is 0 Å². The summed E-state index contributed by atoms with van der Waals surface area (Å²) in [5.74, 6) is 0.445. The molecule has 0 aliphatic heterocycles. The molecular weight excluding hydrogens is 414 g/mol. The quantitative estimate of drug-likeness (QED) is 0.339. The Balaban J connectivity index is 1.58. The van der Waals surface area contributed by atoms with Gasteiger partial charge in [0.05, 0.1) is 16.1 Å². The molecule has 4 rings (SSSR count). The highest BCUT2D eigenvalue weighted by Gasteiger charge is 2.16. The molecule has 0 saturated heterocycles. The Morgan fingerprint density at radius 2 is 1.65 bits per heavy atom. The van der Waals surface area contributed by atoms with E-state index in [1.54, 1.807) is 12.1 Å². The van der Waals surface area contributed by atoms with Gasteiger partial charge in [0.15, 0.2) is 11.6 Å². The summed E-state index contributed by atoms with van der Waals surface area (Å²) in [7, 11) is -3.80. The van der Waals surface area contributed by atoms with Crippen LogP contribution in [0.1, 0.15) is 11.3 Å². The third kappa shape index (κ3) is 4.39. The van der Waals surface area contributed by atoms with Crippen LogP contribution in [0.5, 0.6) is 0 Å². The molecule has 0 fully saturated rings. The lowest BCUT2D eigenvalue weighted by Crippen LogP contribution is -2.30. The van der Waals surface area contributed by atoms with Gasteiger partial charge in [-0.1, -0.05) is 35.9 Å². The zero-order valence-electron chi connectivity index (χ0n) is 16.9. The van der Waals surface area contributed by atoms with E-state index in [0.29, 0.717) is 5.82 Å². The van der Waals surface area contributed by atoms with Gasteiger partial charge in [-0.3, -0.25) is 10.4 Å². The number of pyridine rings is 1. The Morgan fingerprint density at radius 1 is 0.903 bits per heavy atom. The van der Waals surface area contributed by atoms with Crippen LogP contribution in [0, 0.1) is 13.8 Å². The minimum atomic E-state index is -3.80. The number of benzene rings is 2. The van der Waals surface area contributed by atoms with Gasteiger partial charge in [0.25, 0.3) is 10.0 Å². The second kappa shape index (κ2) is 8.17. The van der Waals surface area contributed by atoms with E-state index in [2.05, 4.69) is 30.5 Å². The molecule has 10 heteroatoms. The average Bonchev–Trinajstić information content (AvgIpc) is 2.75. The van der Waals surface area contributed by atoms with Crippen molar-refractivity contribution >= 4 is 43.9 Å². The number of aryl methyl sites for hydroxylation is 2. The van der Waals surface area contributed by atoms with Crippen molar-refractivity contribution in [3.8, 4) is 0 Å². The minimum Gasteiger partial charge on any atom is -0.393 e. The standard InChI is InChI=1S/C21H21N7O2S/c1-13-6-10-16(11-7-13)31(29,30)28-27-21-18(22)20(23-12-24-21)26-17-5-3-4-15-9-8-14(2)25-19(15)17/h3-12,28H,22H2,1-2H3,(H2,23,24,26,27). The molecule has 9 nitrogen and oxygen atoms in total. The molecule has 0 unspecified atom stereocenters. The van der Waals surface area contributed by atoms with Gasteiger partial charge >= 0.3 is 0 Å². The average molecular weight is 436 g/mol. The Morgan fingerprint density at radius 3 is 2.42 bits per heavy atom. The summed E-state index contributed by atoms with van der Waals surface area (Å²) >= 11 is 0. The van der Waals surface area contributed by atoms with Crippen LogP contribution in [0.15, 0.2) is 65.8 Å². The van der Waals surface area contributed by atoms with E-state index in [-0.39, 0.29) is 16.4 Å². The maximum atomic E-state index is 12.5. The van der Waals surface area contributed by atoms with E-state index in [4.69, 9.17) is 5.73 Å². The van der Waals surface area contributed by atoms with Crippen molar-refractivity contribution in [2.75, 3.05) is 16.5 Å². The number of nitrogens with one attached hydrogen (secondary N) is 3. The largest absolute Gasteiger partial charge is 0.393 e. The van der Waals surface area contributed by atoms with Gasteiger partial charge in [-0.2, -0.15) is 0 Å². The zero-order valence-corrected chi connectivity index (χ0v) is 17.7. The van der Waals surface area contributed by atoms with Crippen molar-refractivity contribution in [3.05, 3.63) is 72.2 Å². The Labute approximate surface area is 179 Å². The number of hydrogen-bond acceptors (Lipinski definition) is 8. The van der Waals surface area contributed by atoms with Gasteiger partial charge in [0.1, 0.15) is 12.0 Å². The van der Waals surface area contributed by atoms with E-state index >= 15 is 0 Å². The summed E-state index contributed by atoms with van der Waals surface area (Å²) < 4.78 is 25.0. The van der Waals surface area contributed by atoms with Gasteiger partial charge in [-0.25, -0.2) is 18.4 Å². The number of rotatable bonds is 6. The monoisotopic (exact) mass is 435 g/mol. The minimum absolute atomic E-state index is 0.119. The fraction of sp³-hybridized carbons (Fsp3) is 0.0952. The molecule has 0 radical (unpaired) electrons. The SMILES string of the molecule is Cc1ccc(S(=O)(=O)NNc2ncnc(Nc3cccc4ccc(C)nc34)c2N)cc1. The molecule has 0 atom stereocenters. The number of aromatic nitrogens is 3. The lowest BCUT2D eigenvalue weighted by molar-refractivity contribution is 0.587. The first-order chi connectivity index (χ1) is 14.8. The van der Waals surface area contributed by atoms with Crippen LogP contribution in [0.3, 0.4) is 0 Å². The molecule has 2 aromatic carbocycles. The first kappa shape index (κ1) is 20.5. The van der Waals surface area contributed by atoms with E-state index in [1.807, 2.05) is 44.2 Å². The normalized spacial score (nSPS) is 11.4. The predicted molar refractivity (Wildman–Crippen MR) is 121 cm³/mol. The van der Waals surface area contributed by atoms with Crippen molar-refractivity contribution < 1.29 is 8.42 Å². The molecule has 31 heavy (non-hydrogen) atoms. The van der Waals surface area contributed by atoms with Crippen LogP contribution in [0.2, 0.25) is 0 Å². The van der Waals surface area contributed by atoms with E-state index in [0.717, 1.165) is 27.8 Å². The molecule has 2 aromatic heterocycles. The molecule has 158 valence electrons. The third-order valence-electron chi connectivity index (χ3n) is 4.63. The van der Waals surface area contributed by atoms with Crippen molar-refractivity contribution in [2.45, 2.75) is 18.7 Å². The lowest BCUT2D eigenvalue weighted by atomic mass is 10.1. The Kier molecular flexibility index (Phi) is 5.40. The van der Waals surface area contributed by atoms with E-state index < -0.39 is 10.0 Å². The number of nitrogen functional groups attached to an aromatic ring is 1. The molecule has 4 aromatic rings. The molecule has 0 aliphatic carbocycles. The maximum Gasteiger partial charge on any atom is 0.257 e. The molecule has 0 spiro atoms. The smallest absolute Gasteiger partial charge is 0.257 e. The van der Waals surface area contributed by atoms with E-state index in [9.17, 15) is 8.42 Å². The molecule has 2 heterocycles. The van der Waals surface area contributed by atoms with Crippen molar-refractivity contribution in [2.24, 2.45) is 0 Å². The highest BCUT2D eigenvalue weighted by atomic mass is 32.2. The van der Waals surface area contributed by atoms with E-state index in [1.165, 1.54) is 18.5 Å².